The van der Waals surface area contributed by atoms with E-state index in [-0.39, 0.29) is 5.91 Å². The number of nitrogens with zero attached hydrogens (tertiary/aromatic N) is 5. The molecule has 2 fully saturated rings. The molecular formula is C34H34N6O3. The van der Waals surface area contributed by atoms with E-state index < -0.39 is 11.5 Å². The van der Waals surface area contributed by atoms with Gasteiger partial charge in [0.15, 0.2) is 0 Å². The van der Waals surface area contributed by atoms with Gasteiger partial charge in [0.05, 0.1) is 28.5 Å². The van der Waals surface area contributed by atoms with Crippen molar-refractivity contribution >= 4 is 39.9 Å². The zero-order chi connectivity index (χ0) is 29.7. The number of fused-ring (bicyclic) bond motifs is 2. The molecule has 3 aromatic heterocycles. The second-order valence-corrected chi connectivity index (χ2v) is 11.9. The van der Waals surface area contributed by atoms with Gasteiger partial charge in [-0.05, 0) is 79.5 Å². The molecule has 2 aromatic carbocycles. The summed E-state index contributed by atoms with van der Waals surface area (Å²) in [5.74, 6) is 0.167. The van der Waals surface area contributed by atoms with E-state index in [0.717, 1.165) is 77.5 Å². The van der Waals surface area contributed by atoms with Crippen LogP contribution < -0.4 is 5.32 Å². The lowest BCUT2D eigenvalue weighted by atomic mass is 9.75. The Kier molecular flexibility index (Phi) is 6.60. The van der Waals surface area contributed by atoms with Crippen LogP contribution in [-0.4, -0.2) is 41.1 Å². The van der Waals surface area contributed by atoms with Crippen LogP contribution in [-0.2, 0) is 24.4 Å². The summed E-state index contributed by atoms with van der Waals surface area (Å²) in [5.41, 5.74) is 6.79. The number of carboxylic acids is 1. The summed E-state index contributed by atoms with van der Waals surface area (Å²) < 4.78 is 4.21. The molecule has 0 saturated heterocycles. The Morgan fingerprint density at radius 2 is 1.81 bits per heavy atom. The SMILES string of the molecule is Cn1c(C2(NC(=O)c3ccc4c(C5CCCC5)c(-c5cnccn5)n(C)c4c3)CCC2)nc2cc(C=CC(=O)O)ccc21. The average Bonchev–Trinajstić information content (AvgIpc) is 3.71. The van der Waals surface area contributed by atoms with Crippen LogP contribution in [0.1, 0.15) is 78.2 Å². The van der Waals surface area contributed by atoms with Crippen LogP contribution in [0.5, 0.6) is 0 Å². The molecule has 0 bridgehead atoms. The van der Waals surface area contributed by atoms with Crippen LogP contribution in [0.4, 0.5) is 0 Å². The summed E-state index contributed by atoms with van der Waals surface area (Å²) in [5, 5.41) is 13.5. The van der Waals surface area contributed by atoms with Gasteiger partial charge in [-0.15, -0.1) is 0 Å². The van der Waals surface area contributed by atoms with Crippen molar-refractivity contribution in [2.75, 3.05) is 0 Å². The van der Waals surface area contributed by atoms with E-state index in [4.69, 9.17) is 10.1 Å². The van der Waals surface area contributed by atoms with Crippen LogP contribution in [0, 0.1) is 0 Å². The van der Waals surface area contributed by atoms with Crippen LogP contribution in [0.3, 0.4) is 0 Å². The number of carbonyl (C=O) groups excluding carboxylic acids is 1. The number of aryl methyl sites for hydroxylation is 2. The second kappa shape index (κ2) is 10.5. The zero-order valence-electron chi connectivity index (χ0n) is 24.4. The summed E-state index contributed by atoms with van der Waals surface area (Å²) in [4.78, 5) is 38.8. The van der Waals surface area contributed by atoms with Gasteiger partial charge in [0.1, 0.15) is 11.5 Å². The predicted octanol–water partition coefficient (Wildman–Crippen LogP) is 6.09. The van der Waals surface area contributed by atoms with Gasteiger partial charge < -0.3 is 19.6 Å². The van der Waals surface area contributed by atoms with Gasteiger partial charge in [0, 0.05) is 49.0 Å². The molecule has 2 saturated carbocycles. The number of carbonyl (C=O) groups is 2. The molecule has 0 unspecified atom stereocenters. The summed E-state index contributed by atoms with van der Waals surface area (Å²) in [7, 11) is 4.03. The molecule has 0 atom stereocenters. The van der Waals surface area contributed by atoms with E-state index in [1.807, 2.05) is 48.1 Å². The molecule has 1 amide bonds. The summed E-state index contributed by atoms with van der Waals surface area (Å²) >= 11 is 0. The molecule has 9 nitrogen and oxygen atoms in total. The summed E-state index contributed by atoms with van der Waals surface area (Å²) in [6.07, 6.45) is 15.3. The number of benzene rings is 2. The first kappa shape index (κ1) is 27.1. The molecule has 0 radical (unpaired) electrons. The third-order valence-electron chi connectivity index (χ3n) is 9.38. The van der Waals surface area contributed by atoms with Crippen molar-refractivity contribution in [3.63, 3.8) is 0 Å². The molecule has 0 spiro atoms. The van der Waals surface area contributed by atoms with Crippen molar-refractivity contribution in [3.05, 3.63) is 83.6 Å². The Balaban J connectivity index is 1.24. The van der Waals surface area contributed by atoms with Crippen LogP contribution in [0.15, 0.2) is 61.1 Å². The summed E-state index contributed by atoms with van der Waals surface area (Å²) in [6.45, 7) is 0. The highest BCUT2D eigenvalue weighted by Crippen LogP contribution is 2.45. The van der Waals surface area contributed by atoms with Gasteiger partial charge in [0.2, 0.25) is 0 Å². The van der Waals surface area contributed by atoms with E-state index in [2.05, 4.69) is 33.0 Å². The number of imidazole rings is 1. The molecule has 0 aliphatic heterocycles. The minimum atomic E-state index is -0.994. The number of hydrogen-bond donors (Lipinski definition) is 2. The first-order valence-electron chi connectivity index (χ1n) is 14.9. The van der Waals surface area contributed by atoms with E-state index in [1.54, 1.807) is 18.5 Å². The highest BCUT2D eigenvalue weighted by Gasteiger charge is 2.44. The maximum atomic E-state index is 13.9. The fourth-order valence-corrected chi connectivity index (χ4v) is 7.11. The Morgan fingerprint density at radius 1 is 1.00 bits per heavy atom. The van der Waals surface area contributed by atoms with Gasteiger partial charge in [-0.2, -0.15) is 0 Å². The number of rotatable bonds is 7. The minimum absolute atomic E-state index is 0.122. The molecule has 9 heteroatoms. The van der Waals surface area contributed by atoms with Crippen molar-refractivity contribution in [2.24, 2.45) is 14.1 Å². The lowest BCUT2D eigenvalue weighted by molar-refractivity contribution is -0.131. The molecular weight excluding hydrogens is 540 g/mol. The van der Waals surface area contributed by atoms with Crippen molar-refractivity contribution in [2.45, 2.75) is 56.4 Å². The molecule has 218 valence electrons. The van der Waals surface area contributed by atoms with Crippen molar-refractivity contribution in [1.29, 1.82) is 0 Å². The van der Waals surface area contributed by atoms with Crippen molar-refractivity contribution < 1.29 is 14.7 Å². The highest BCUT2D eigenvalue weighted by atomic mass is 16.4. The van der Waals surface area contributed by atoms with Gasteiger partial charge in [-0.25, -0.2) is 9.78 Å². The number of aromatic nitrogens is 5. The number of hydrogen-bond acceptors (Lipinski definition) is 5. The van der Waals surface area contributed by atoms with Crippen LogP contribution in [0.25, 0.3) is 39.4 Å². The van der Waals surface area contributed by atoms with E-state index >= 15 is 0 Å². The molecule has 7 rings (SSSR count). The lowest BCUT2D eigenvalue weighted by Gasteiger charge is -2.41. The third kappa shape index (κ3) is 4.59. The number of nitrogens with one attached hydrogen (secondary N) is 1. The quantitative estimate of drug-likeness (QED) is 0.228. The first-order valence-corrected chi connectivity index (χ1v) is 14.9. The topological polar surface area (TPSA) is 115 Å². The van der Waals surface area contributed by atoms with E-state index in [1.165, 1.54) is 23.8 Å². The average molecular weight is 575 g/mol. The maximum Gasteiger partial charge on any atom is 0.328 e. The fraction of sp³-hybridized carbons (Fsp3) is 0.324. The fourth-order valence-electron chi connectivity index (χ4n) is 7.11. The summed E-state index contributed by atoms with van der Waals surface area (Å²) in [6, 6.07) is 11.8. The molecule has 43 heavy (non-hydrogen) atoms. The Labute approximate surface area is 249 Å². The maximum absolute atomic E-state index is 13.9. The standard InChI is InChI=1S/C34H34N6O3/c1-39-28-19-23(10-11-24(28)30(22-6-3-4-7-22)31(39)26-20-35-16-17-36-26)32(43)38-34(14-5-15-34)33-37-25-18-21(9-13-29(41)42)8-12-27(25)40(33)2/h8-13,16-20,22H,3-7,14-15H2,1-2H3,(H,38,43)(H,41,42). The van der Waals surface area contributed by atoms with Crippen LogP contribution >= 0.6 is 0 Å². The lowest BCUT2D eigenvalue weighted by Crippen LogP contribution is -2.52. The highest BCUT2D eigenvalue weighted by molar-refractivity contribution is 6.01. The van der Waals surface area contributed by atoms with Crippen molar-refractivity contribution in [1.82, 2.24) is 29.4 Å². The molecule has 5 aromatic rings. The van der Waals surface area contributed by atoms with Gasteiger partial charge in [-0.3, -0.25) is 14.8 Å². The Bertz CT molecular complexity index is 1910. The number of aliphatic carboxylic acids is 1. The smallest absolute Gasteiger partial charge is 0.328 e. The first-order chi connectivity index (χ1) is 20.8. The predicted molar refractivity (Wildman–Crippen MR) is 166 cm³/mol. The molecule has 3 heterocycles. The Morgan fingerprint density at radius 3 is 2.51 bits per heavy atom. The molecule has 2 N–H and O–H groups in total. The number of carboxylic acid groups (broad SMARTS) is 1. The molecule has 2 aliphatic carbocycles. The zero-order valence-corrected chi connectivity index (χ0v) is 24.4. The third-order valence-corrected chi connectivity index (χ3v) is 9.38. The van der Waals surface area contributed by atoms with Gasteiger partial charge >= 0.3 is 5.97 Å². The minimum Gasteiger partial charge on any atom is -0.478 e. The van der Waals surface area contributed by atoms with Gasteiger partial charge in [-0.1, -0.05) is 25.0 Å². The van der Waals surface area contributed by atoms with Gasteiger partial charge in [0.25, 0.3) is 5.91 Å². The molecule has 2 aliphatic rings. The Hall–Kier alpha value is -4.79. The van der Waals surface area contributed by atoms with Crippen LogP contribution in [0.2, 0.25) is 0 Å². The van der Waals surface area contributed by atoms with Crippen molar-refractivity contribution in [3.8, 4) is 11.4 Å². The van der Waals surface area contributed by atoms with E-state index in [9.17, 15) is 9.59 Å². The monoisotopic (exact) mass is 574 g/mol. The second-order valence-electron chi connectivity index (χ2n) is 11.9. The normalized spacial score (nSPS) is 16.7. The number of amides is 1. The largest absolute Gasteiger partial charge is 0.478 e. The van der Waals surface area contributed by atoms with E-state index in [0.29, 0.717) is 11.5 Å².